The van der Waals surface area contributed by atoms with Gasteiger partial charge in [-0.15, -0.1) is 0 Å². The number of nitrogens with zero attached hydrogens (tertiary/aromatic N) is 1. The highest BCUT2D eigenvalue weighted by Gasteiger charge is 2.26. The number of nitrogens with one attached hydrogen (secondary N) is 1. The van der Waals surface area contributed by atoms with Crippen molar-refractivity contribution < 1.29 is 4.57 Å². The molecule has 24 heavy (non-hydrogen) atoms. The SMILES string of the molecule is N/C(=N\P(=O)(c1ccccc1)c1ccccc1)Nc1ccccc1. The van der Waals surface area contributed by atoms with E-state index >= 15 is 0 Å². The lowest BCUT2D eigenvalue weighted by Gasteiger charge is -2.16. The lowest BCUT2D eigenvalue weighted by Crippen LogP contribution is -2.25. The van der Waals surface area contributed by atoms with Crippen LogP contribution in [-0.2, 0) is 4.57 Å². The van der Waals surface area contributed by atoms with E-state index in [9.17, 15) is 4.57 Å². The quantitative estimate of drug-likeness (QED) is 0.436. The van der Waals surface area contributed by atoms with Gasteiger partial charge in [0.2, 0.25) is 7.29 Å². The summed E-state index contributed by atoms with van der Waals surface area (Å²) in [6, 6.07) is 27.9. The van der Waals surface area contributed by atoms with Gasteiger partial charge in [-0.1, -0.05) is 54.6 Å². The van der Waals surface area contributed by atoms with Crippen molar-refractivity contribution in [3.8, 4) is 0 Å². The Bertz CT molecular complexity index is 821. The topological polar surface area (TPSA) is 67.5 Å². The van der Waals surface area contributed by atoms with Crippen LogP contribution in [0.25, 0.3) is 0 Å². The first-order valence-electron chi connectivity index (χ1n) is 7.57. The van der Waals surface area contributed by atoms with Gasteiger partial charge in [0.1, 0.15) is 0 Å². The second-order valence-electron chi connectivity index (χ2n) is 5.22. The minimum Gasteiger partial charge on any atom is -0.369 e. The minimum atomic E-state index is -3.22. The van der Waals surface area contributed by atoms with Crippen molar-refractivity contribution in [2.75, 3.05) is 5.32 Å². The van der Waals surface area contributed by atoms with Gasteiger partial charge in [0.25, 0.3) is 0 Å². The number of anilines is 1. The van der Waals surface area contributed by atoms with Crippen LogP contribution in [0.1, 0.15) is 0 Å². The van der Waals surface area contributed by atoms with Crippen molar-refractivity contribution in [2.24, 2.45) is 10.5 Å². The lowest BCUT2D eigenvalue weighted by atomic mass is 10.3. The molecule has 0 amide bonds. The van der Waals surface area contributed by atoms with E-state index in [0.29, 0.717) is 10.6 Å². The van der Waals surface area contributed by atoms with Gasteiger partial charge in [-0.2, -0.15) is 4.76 Å². The molecule has 0 fully saturated rings. The van der Waals surface area contributed by atoms with Gasteiger partial charge < -0.3 is 11.1 Å². The van der Waals surface area contributed by atoms with Crippen LogP contribution in [0.15, 0.2) is 95.8 Å². The number of guanidine groups is 1. The fourth-order valence-electron chi connectivity index (χ4n) is 2.37. The number of para-hydroxylation sites is 1. The van der Waals surface area contributed by atoms with Crippen LogP contribution in [0.2, 0.25) is 0 Å². The van der Waals surface area contributed by atoms with E-state index in [0.717, 1.165) is 5.69 Å². The molecule has 0 spiro atoms. The number of benzene rings is 3. The van der Waals surface area contributed by atoms with Crippen LogP contribution in [0.5, 0.6) is 0 Å². The molecule has 0 aliphatic rings. The average Bonchev–Trinajstić information content (AvgIpc) is 2.64. The highest BCUT2D eigenvalue weighted by molar-refractivity contribution is 7.77. The summed E-state index contributed by atoms with van der Waals surface area (Å²) >= 11 is 0. The highest BCUT2D eigenvalue weighted by Crippen LogP contribution is 2.44. The lowest BCUT2D eigenvalue weighted by molar-refractivity contribution is 0.588. The third-order valence-corrected chi connectivity index (χ3v) is 6.00. The third-order valence-electron chi connectivity index (χ3n) is 3.51. The first kappa shape index (κ1) is 16.0. The maximum atomic E-state index is 13.7. The molecule has 0 heterocycles. The van der Waals surface area contributed by atoms with E-state index in [1.807, 2.05) is 91.0 Å². The molecule has 3 N–H and O–H groups in total. The molecule has 0 bridgehead atoms. The van der Waals surface area contributed by atoms with Crippen LogP contribution in [0.3, 0.4) is 0 Å². The molecule has 0 saturated carbocycles. The van der Waals surface area contributed by atoms with E-state index in [1.54, 1.807) is 0 Å². The van der Waals surface area contributed by atoms with Crippen molar-refractivity contribution >= 4 is 29.5 Å². The predicted octanol–water partition coefficient (Wildman–Crippen LogP) is 3.34. The number of rotatable bonds is 4. The van der Waals surface area contributed by atoms with Gasteiger partial charge in [-0.3, -0.25) is 4.57 Å². The van der Waals surface area contributed by atoms with Crippen molar-refractivity contribution in [1.29, 1.82) is 0 Å². The maximum absolute atomic E-state index is 13.7. The minimum absolute atomic E-state index is 0.122. The summed E-state index contributed by atoms with van der Waals surface area (Å²) in [5.41, 5.74) is 6.83. The first-order chi connectivity index (χ1) is 11.7. The van der Waals surface area contributed by atoms with Gasteiger partial charge >= 0.3 is 0 Å². The third kappa shape index (κ3) is 3.55. The summed E-state index contributed by atoms with van der Waals surface area (Å²) in [5.74, 6) is 0.122. The fourth-order valence-corrected chi connectivity index (χ4v) is 4.41. The van der Waals surface area contributed by atoms with Crippen molar-refractivity contribution in [3.05, 3.63) is 91.0 Å². The van der Waals surface area contributed by atoms with Gasteiger partial charge in [-0.25, -0.2) is 0 Å². The average molecular weight is 335 g/mol. The summed E-state index contributed by atoms with van der Waals surface area (Å²) < 4.78 is 18.1. The zero-order valence-corrected chi connectivity index (χ0v) is 13.9. The molecule has 0 aromatic heterocycles. The number of nitrogens with two attached hydrogens (primary N) is 1. The summed E-state index contributed by atoms with van der Waals surface area (Å²) in [7, 11) is -3.22. The molecule has 0 atom stereocenters. The van der Waals surface area contributed by atoms with Crippen molar-refractivity contribution in [1.82, 2.24) is 0 Å². The Labute approximate surface area is 141 Å². The van der Waals surface area contributed by atoms with Crippen LogP contribution < -0.4 is 21.7 Å². The molecular weight excluding hydrogens is 317 g/mol. The fraction of sp³-hybridized carbons (Fsp3) is 0. The maximum Gasteiger partial charge on any atom is 0.250 e. The number of hydrogen-bond donors (Lipinski definition) is 2. The highest BCUT2D eigenvalue weighted by atomic mass is 31.2. The summed E-state index contributed by atoms with van der Waals surface area (Å²) in [4.78, 5) is 0. The Kier molecular flexibility index (Phi) is 4.78. The van der Waals surface area contributed by atoms with Crippen molar-refractivity contribution in [2.45, 2.75) is 0 Å². The molecule has 120 valence electrons. The van der Waals surface area contributed by atoms with E-state index in [4.69, 9.17) is 5.73 Å². The first-order valence-corrected chi connectivity index (χ1v) is 9.23. The van der Waals surface area contributed by atoms with E-state index in [-0.39, 0.29) is 5.96 Å². The standard InChI is InChI=1S/C19H18N3OP/c20-19(21-16-10-4-1-5-11-16)22-24(23,17-12-6-2-7-13-17)18-14-8-3-9-15-18/h1-15H,(H3,20,21,22,23). The Morgan fingerprint density at radius 1 is 0.750 bits per heavy atom. The van der Waals surface area contributed by atoms with Gasteiger partial charge in [0, 0.05) is 16.3 Å². The molecule has 0 saturated heterocycles. The Balaban J connectivity index is 2.03. The summed E-state index contributed by atoms with van der Waals surface area (Å²) in [6.45, 7) is 0. The van der Waals surface area contributed by atoms with E-state index in [2.05, 4.69) is 10.1 Å². The Morgan fingerprint density at radius 3 is 1.62 bits per heavy atom. The number of hydrogen-bond acceptors (Lipinski definition) is 1. The predicted molar refractivity (Wildman–Crippen MR) is 101 cm³/mol. The summed E-state index contributed by atoms with van der Waals surface area (Å²) in [6.07, 6.45) is 0. The second kappa shape index (κ2) is 7.16. The summed E-state index contributed by atoms with van der Waals surface area (Å²) in [5, 5.41) is 4.29. The van der Waals surface area contributed by atoms with E-state index < -0.39 is 7.29 Å². The van der Waals surface area contributed by atoms with Gasteiger partial charge in [0.05, 0.1) is 0 Å². The molecule has 4 nitrogen and oxygen atoms in total. The van der Waals surface area contributed by atoms with Crippen LogP contribution in [0.4, 0.5) is 5.69 Å². The van der Waals surface area contributed by atoms with Gasteiger partial charge in [0.15, 0.2) is 5.96 Å². The second-order valence-corrected chi connectivity index (χ2v) is 7.61. The Hall–Kier alpha value is -2.84. The Morgan fingerprint density at radius 2 is 1.17 bits per heavy atom. The molecule has 0 aliphatic heterocycles. The molecule has 0 aliphatic carbocycles. The van der Waals surface area contributed by atoms with Crippen molar-refractivity contribution in [3.63, 3.8) is 0 Å². The smallest absolute Gasteiger partial charge is 0.250 e. The molecule has 0 unspecified atom stereocenters. The zero-order chi connectivity index (χ0) is 16.8. The molecule has 3 aromatic rings. The normalized spacial score (nSPS) is 11.9. The molecule has 5 heteroatoms. The van der Waals surface area contributed by atoms with Crippen LogP contribution in [0, 0.1) is 0 Å². The monoisotopic (exact) mass is 335 g/mol. The zero-order valence-electron chi connectivity index (χ0n) is 13.0. The molecule has 3 rings (SSSR count). The van der Waals surface area contributed by atoms with Gasteiger partial charge in [-0.05, 0) is 36.4 Å². The van der Waals surface area contributed by atoms with E-state index in [1.165, 1.54) is 0 Å². The largest absolute Gasteiger partial charge is 0.369 e. The van der Waals surface area contributed by atoms with Crippen LogP contribution in [-0.4, -0.2) is 5.96 Å². The molecule has 3 aromatic carbocycles. The molecular formula is C19H18N3OP. The molecule has 0 radical (unpaired) electrons. The van der Waals surface area contributed by atoms with Crippen LogP contribution >= 0.6 is 7.29 Å².